The summed E-state index contributed by atoms with van der Waals surface area (Å²) in [5.41, 5.74) is -2.07. The van der Waals surface area contributed by atoms with Gasteiger partial charge in [-0.3, -0.25) is 9.59 Å². The number of carbonyl (C=O) groups excluding carboxylic acids is 2. The number of halogens is 7. The van der Waals surface area contributed by atoms with Gasteiger partial charge in [0, 0.05) is 0 Å². The lowest BCUT2D eigenvalue weighted by Gasteiger charge is -2.30. The molecule has 0 N–H and O–H groups in total. The molecule has 0 aliphatic carbocycles. The highest BCUT2D eigenvalue weighted by Crippen LogP contribution is 2.46. The van der Waals surface area contributed by atoms with E-state index >= 15 is 0 Å². The van der Waals surface area contributed by atoms with Crippen molar-refractivity contribution in [2.45, 2.75) is 154 Å². The number of hydrogen-bond acceptors (Lipinski definition) is 4. The molecule has 0 aliphatic heterocycles. The summed E-state index contributed by atoms with van der Waals surface area (Å²) in [6.45, 7) is 2.39. The van der Waals surface area contributed by atoms with Crippen molar-refractivity contribution in [3.63, 3.8) is 0 Å². The second-order valence-electron chi connectivity index (χ2n) is 10.6. The van der Waals surface area contributed by atoms with Crippen LogP contribution in [0.15, 0.2) is 0 Å². The second-order valence-corrected chi connectivity index (χ2v) is 10.6. The summed E-state index contributed by atoms with van der Waals surface area (Å²) in [6.07, 6.45) is 11.5. The van der Waals surface area contributed by atoms with Gasteiger partial charge in [-0.15, -0.1) is 0 Å². The van der Waals surface area contributed by atoms with E-state index in [-0.39, 0.29) is 19.4 Å². The monoisotopic (exact) mass is 594 g/mol. The van der Waals surface area contributed by atoms with Gasteiger partial charge in [-0.1, -0.05) is 117 Å². The van der Waals surface area contributed by atoms with Crippen LogP contribution in [0.5, 0.6) is 0 Å². The summed E-state index contributed by atoms with van der Waals surface area (Å²) >= 11 is 0. The third kappa shape index (κ3) is 13.0. The summed E-state index contributed by atoms with van der Waals surface area (Å²) in [5, 5.41) is 0. The van der Waals surface area contributed by atoms with E-state index in [0.717, 1.165) is 25.7 Å². The number of rotatable bonds is 24. The average Bonchev–Trinajstić information content (AvgIpc) is 2.89. The number of unbranched alkanes of at least 4 members (excludes halogenated alkanes) is 15. The Labute approximate surface area is 235 Å². The van der Waals surface area contributed by atoms with Crippen molar-refractivity contribution in [3.05, 3.63) is 0 Å². The minimum absolute atomic E-state index is 0.0331. The maximum Gasteiger partial charge on any atom is 0.460 e. The van der Waals surface area contributed by atoms with E-state index in [1.54, 1.807) is 0 Å². The molecule has 40 heavy (non-hydrogen) atoms. The molecule has 0 saturated heterocycles. The SMILES string of the molecule is CCCCCCCCCCCCCCCCCCOC(=O)C(CC)(CC)C(=O)OCC(F)(F)C(F)(F)C(F)(F)F. The lowest BCUT2D eigenvalue weighted by Crippen LogP contribution is -2.55. The van der Waals surface area contributed by atoms with E-state index in [4.69, 9.17) is 4.74 Å². The fraction of sp³-hybridized carbons (Fsp3) is 0.931. The average molecular weight is 595 g/mol. The van der Waals surface area contributed by atoms with Gasteiger partial charge in [-0.05, 0) is 19.3 Å². The fourth-order valence-electron chi connectivity index (χ4n) is 4.46. The van der Waals surface area contributed by atoms with Crippen LogP contribution < -0.4 is 0 Å². The van der Waals surface area contributed by atoms with Crippen LogP contribution in [-0.4, -0.2) is 43.2 Å². The Morgan fingerprint density at radius 1 is 0.525 bits per heavy atom. The Kier molecular flexibility index (Phi) is 18.8. The third-order valence-corrected chi connectivity index (χ3v) is 7.42. The predicted molar refractivity (Wildman–Crippen MR) is 140 cm³/mol. The molecule has 0 amide bonds. The molecule has 0 spiro atoms. The van der Waals surface area contributed by atoms with Crippen molar-refractivity contribution in [2.24, 2.45) is 5.41 Å². The Balaban J connectivity index is 4.22. The molecule has 0 saturated carbocycles. The molecule has 4 nitrogen and oxygen atoms in total. The first kappa shape index (κ1) is 38.5. The molecule has 0 radical (unpaired) electrons. The lowest BCUT2D eigenvalue weighted by molar-refractivity contribution is -0.360. The van der Waals surface area contributed by atoms with E-state index in [1.807, 2.05) is 0 Å². The van der Waals surface area contributed by atoms with Crippen molar-refractivity contribution in [3.8, 4) is 0 Å². The highest BCUT2D eigenvalue weighted by molar-refractivity contribution is 6.00. The first-order valence-corrected chi connectivity index (χ1v) is 14.9. The van der Waals surface area contributed by atoms with Crippen molar-refractivity contribution in [2.75, 3.05) is 13.2 Å². The number of carbonyl (C=O) groups is 2. The zero-order chi connectivity index (χ0) is 30.7. The zero-order valence-corrected chi connectivity index (χ0v) is 24.4. The quantitative estimate of drug-likeness (QED) is 0.0483. The smallest absolute Gasteiger partial charge is 0.460 e. The highest BCUT2D eigenvalue weighted by Gasteiger charge is 2.73. The Bertz CT molecular complexity index is 692. The van der Waals surface area contributed by atoms with Crippen LogP contribution >= 0.6 is 0 Å². The van der Waals surface area contributed by atoms with Crippen molar-refractivity contribution < 1.29 is 49.8 Å². The Morgan fingerprint density at radius 3 is 1.23 bits per heavy atom. The van der Waals surface area contributed by atoms with Gasteiger partial charge in [0.1, 0.15) is 0 Å². The van der Waals surface area contributed by atoms with Crippen LogP contribution in [0.4, 0.5) is 30.7 Å². The van der Waals surface area contributed by atoms with Crippen LogP contribution in [-0.2, 0) is 19.1 Å². The van der Waals surface area contributed by atoms with Crippen LogP contribution in [0, 0.1) is 5.41 Å². The maximum atomic E-state index is 13.5. The summed E-state index contributed by atoms with van der Waals surface area (Å²) < 4.78 is 99.3. The number of esters is 2. The summed E-state index contributed by atoms with van der Waals surface area (Å²) in [4.78, 5) is 25.0. The predicted octanol–water partition coefficient (Wildman–Crippen LogP) is 9.97. The number of hydrogen-bond donors (Lipinski definition) is 0. The summed E-state index contributed by atoms with van der Waals surface area (Å²) in [6, 6.07) is 0. The number of alkyl halides is 7. The van der Waals surface area contributed by atoms with Crippen LogP contribution in [0.1, 0.15) is 136 Å². The van der Waals surface area contributed by atoms with Crippen molar-refractivity contribution >= 4 is 11.9 Å². The lowest BCUT2D eigenvalue weighted by atomic mass is 9.82. The minimum atomic E-state index is -6.54. The second kappa shape index (κ2) is 19.5. The minimum Gasteiger partial charge on any atom is -0.465 e. The molecule has 0 aromatic rings. The van der Waals surface area contributed by atoms with Gasteiger partial charge in [0.15, 0.2) is 12.0 Å². The fourth-order valence-corrected chi connectivity index (χ4v) is 4.46. The first-order valence-electron chi connectivity index (χ1n) is 14.9. The van der Waals surface area contributed by atoms with Crippen molar-refractivity contribution in [1.82, 2.24) is 0 Å². The molecule has 0 rings (SSSR count). The van der Waals surface area contributed by atoms with Gasteiger partial charge >= 0.3 is 30.0 Å². The molecule has 0 bridgehead atoms. The van der Waals surface area contributed by atoms with E-state index in [0.29, 0.717) is 6.42 Å². The molecule has 0 atom stereocenters. The van der Waals surface area contributed by atoms with E-state index < -0.39 is 42.0 Å². The largest absolute Gasteiger partial charge is 0.465 e. The molecule has 0 aromatic carbocycles. The van der Waals surface area contributed by atoms with Crippen LogP contribution in [0.25, 0.3) is 0 Å². The molecule has 0 heterocycles. The van der Waals surface area contributed by atoms with Gasteiger partial charge in [-0.25, -0.2) is 0 Å². The normalized spacial score (nSPS) is 12.9. The van der Waals surface area contributed by atoms with Crippen molar-refractivity contribution in [1.29, 1.82) is 0 Å². The number of ether oxygens (including phenoxy) is 2. The van der Waals surface area contributed by atoms with E-state index in [9.17, 15) is 40.3 Å². The van der Waals surface area contributed by atoms with Gasteiger partial charge in [0.05, 0.1) is 6.61 Å². The van der Waals surface area contributed by atoms with Gasteiger partial charge < -0.3 is 9.47 Å². The van der Waals surface area contributed by atoms with Gasteiger partial charge in [0.25, 0.3) is 0 Å². The summed E-state index contributed by atoms with van der Waals surface area (Å²) in [7, 11) is 0. The van der Waals surface area contributed by atoms with Gasteiger partial charge in [0.2, 0.25) is 0 Å². The highest BCUT2D eigenvalue weighted by atomic mass is 19.4. The molecule has 0 aliphatic rings. The molecule has 0 fully saturated rings. The molecule has 11 heteroatoms. The van der Waals surface area contributed by atoms with Crippen LogP contribution in [0.2, 0.25) is 0 Å². The molecular formula is C29H49F7O4. The van der Waals surface area contributed by atoms with Crippen LogP contribution in [0.3, 0.4) is 0 Å². The standard InChI is InChI=1S/C29H49F7O4/c1-4-7-8-9-10-11-12-13-14-15-16-17-18-19-20-21-22-39-24(37)26(5-2,6-3)25(38)40-23-27(30,31)28(32,33)29(34,35)36/h4-23H2,1-3H3. The summed E-state index contributed by atoms with van der Waals surface area (Å²) in [5.74, 6) is -14.8. The van der Waals surface area contributed by atoms with Gasteiger partial charge in [-0.2, -0.15) is 30.7 Å². The third-order valence-electron chi connectivity index (χ3n) is 7.42. The molecular weight excluding hydrogens is 545 g/mol. The molecule has 238 valence electrons. The van der Waals surface area contributed by atoms with E-state index in [2.05, 4.69) is 11.7 Å². The van der Waals surface area contributed by atoms with E-state index in [1.165, 1.54) is 84.5 Å². The Hall–Kier alpha value is -1.55. The molecule has 0 unspecified atom stereocenters. The zero-order valence-electron chi connectivity index (χ0n) is 24.4. The first-order chi connectivity index (χ1) is 18.7. The molecule has 0 aromatic heterocycles. The Morgan fingerprint density at radius 2 is 0.875 bits per heavy atom. The maximum absolute atomic E-state index is 13.5. The topological polar surface area (TPSA) is 52.6 Å².